The third-order valence-electron chi connectivity index (χ3n) is 8.98. The lowest BCUT2D eigenvalue weighted by Gasteiger charge is -2.27. The lowest BCUT2D eigenvalue weighted by atomic mass is 9.93. The minimum absolute atomic E-state index is 0.00522. The summed E-state index contributed by atoms with van der Waals surface area (Å²) < 4.78 is 4.25. The van der Waals surface area contributed by atoms with Crippen LogP contribution in [0.15, 0.2) is 91.0 Å². The quantitative estimate of drug-likeness (QED) is 0.0916. The molecule has 6 N–H and O–H groups in total. The second-order valence-corrected chi connectivity index (χ2v) is 14.6. The van der Waals surface area contributed by atoms with E-state index >= 15 is 0 Å². The van der Waals surface area contributed by atoms with Gasteiger partial charge in [-0.1, -0.05) is 107 Å². The van der Waals surface area contributed by atoms with Crippen molar-refractivity contribution in [3.8, 4) is 0 Å². The van der Waals surface area contributed by atoms with Gasteiger partial charge in [0, 0.05) is 19.0 Å². The summed E-state index contributed by atoms with van der Waals surface area (Å²) in [6.45, 7) is 10.0. The zero-order valence-corrected chi connectivity index (χ0v) is 30.9. The highest BCUT2D eigenvalue weighted by Crippen LogP contribution is 2.26. The van der Waals surface area contributed by atoms with Crippen molar-refractivity contribution in [2.75, 3.05) is 11.9 Å². The van der Waals surface area contributed by atoms with E-state index in [9.17, 15) is 24.0 Å². The lowest BCUT2D eigenvalue weighted by Crippen LogP contribution is -2.59. The minimum Gasteiger partial charge on any atom is -0.411 e. The Bertz CT molecular complexity index is 1630. The molecule has 0 aromatic heterocycles. The number of benzene rings is 3. The van der Waals surface area contributed by atoms with E-state index in [0.717, 1.165) is 11.1 Å². The number of amides is 5. The number of ketones is 1. The Morgan fingerprint density at radius 3 is 1.63 bits per heavy atom. The lowest BCUT2D eigenvalue weighted by molar-refractivity contribution is -0.135. The third kappa shape index (κ3) is 12.6. The van der Waals surface area contributed by atoms with Crippen molar-refractivity contribution in [3.63, 3.8) is 0 Å². The maximum absolute atomic E-state index is 14.1. The first kappa shape index (κ1) is 39.8. The Morgan fingerprint density at radius 1 is 0.615 bits per heavy atom. The summed E-state index contributed by atoms with van der Waals surface area (Å²) in [6.07, 6.45) is 1.68. The Balaban J connectivity index is 1.53. The number of Topliss-reactive ketones (excluding diaryl/α,β-unsaturated/α-hetero) is 1. The molecule has 5 amide bonds. The molecule has 11 heteroatoms. The van der Waals surface area contributed by atoms with Crippen molar-refractivity contribution >= 4 is 35.2 Å². The van der Waals surface area contributed by atoms with Crippen molar-refractivity contribution in [3.05, 3.63) is 102 Å². The van der Waals surface area contributed by atoms with Crippen LogP contribution < -0.4 is 26.6 Å². The van der Waals surface area contributed by atoms with Gasteiger partial charge in [0.2, 0.25) is 30.1 Å². The van der Waals surface area contributed by atoms with Crippen LogP contribution in [-0.2, 0) is 32.0 Å². The molecule has 52 heavy (non-hydrogen) atoms. The number of aliphatic hydroxyl groups is 2. The highest BCUT2D eigenvalue weighted by atomic mass is 16.6. The molecule has 0 radical (unpaired) electrons. The molecule has 4 rings (SSSR count). The molecule has 278 valence electrons. The van der Waals surface area contributed by atoms with Crippen LogP contribution in [0.25, 0.3) is 0 Å². The van der Waals surface area contributed by atoms with E-state index in [0.29, 0.717) is 25.1 Å². The van der Waals surface area contributed by atoms with Gasteiger partial charge in [-0.3, -0.25) is 19.2 Å². The molecular formula is C41H54N5O6+. The predicted molar refractivity (Wildman–Crippen MR) is 202 cm³/mol. The Labute approximate surface area is 307 Å². The number of anilines is 1. The second kappa shape index (κ2) is 19.0. The van der Waals surface area contributed by atoms with Crippen LogP contribution in [0.4, 0.5) is 10.5 Å². The summed E-state index contributed by atoms with van der Waals surface area (Å²) in [6, 6.07) is 23.5. The Hall–Kier alpha value is -5.03. The van der Waals surface area contributed by atoms with Gasteiger partial charge in [0.25, 0.3) is 5.60 Å². The van der Waals surface area contributed by atoms with Crippen LogP contribution >= 0.6 is 0 Å². The van der Waals surface area contributed by atoms with Gasteiger partial charge >= 0.3 is 6.03 Å². The van der Waals surface area contributed by atoms with Crippen molar-refractivity contribution in [2.24, 2.45) is 11.8 Å². The fourth-order valence-corrected chi connectivity index (χ4v) is 6.00. The molecule has 5 atom stereocenters. The fourth-order valence-electron chi connectivity index (χ4n) is 6.00. The van der Waals surface area contributed by atoms with Gasteiger partial charge in [-0.25, -0.2) is 4.79 Å². The Morgan fingerprint density at radius 2 is 1.08 bits per heavy atom. The molecule has 1 saturated heterocycles. The zero-order valence-electron chi connectivity index (χ0n) is 30.9. The number of carbonyl (C=O) groups excluding carboxylic acids is 5. The number of carbonyl (C=O) groups is 5. The average molecular weight is 713 g/mol. The van der Waals surface area contributed by atoms with Gasteiger partial charge in [-0.2, -0.15) is 0 Å². The molecule has 0 saturated carbocycles. The van der Waals surface area contributed by atoms with Crippen LogP contribution in [0.1, 0.15) is 65.0 Å². The highest BCUT2D eigenvalue weighted by molar-refractivity contribution is 5.99. The molecule has 1 aliphatic rings. The molecule has 0 bridgehead atoms. The molecule has 0 aliphatic carbocycles. The summed E-state index contributed by atoms with van der Waals surface area (Å²) in [7, 11) is 0. The van der Waals surface area contributed by atoms with Crippen LogP contribution in [0.5, 0.6) is 0 Å². The normalized spacial score (nSPS) is 17.3. The summed E-state index contributed by atoms with van der Waals surface area (Å²) in [5.41, 5.74) is 1.58. The number of urea groups is 1. The van der Waals surface area contributed by atoms with Crippen molar-refractivity contribution in [1.29, 1.82) is 0 Å². The number of hydrogen-bond acceptors (Lipinski definition) is 5. The van der Waals surface area contributed by atoms with Crippen LogP contribution in [0.3, 0.4) is 0 Å². The van der Waals surface area contributed by atoms with Crippen molar-refractivity contribution in [2.45, 2.75) is 96.5 Å². The van der Waals surface area contributed by atoms with Crippen LogP contribution in [0.2, 0.25) is 0 Å². The first-order chi connectivity index (χ1) is 24.8. The first-order valence-electron chi connectivity index (χ1n) is 18.2. The largest absolute Gasteiger partial charge is 0.411 e. The smallest absolute Gasteiger partial charge is 0.319 e. The topological polar surface area (TPSA) is 158 Å². The Kier molecular flexibility index (Phi) is 14.5. The molecule has 11 nitrogen and oxygen atoms in total. The molecule has 2 unspecified atom stereocenters. The van der Waals surface area contributed by atoms with E-state index in [1.54, 1.807) is 31.2 Å². The van der Waals surface area contributed by atoms with Gasteiger partial charge in [0.15, 0.2) is 0 Å². The number of epoxide rings is 1. The number of para-hydroxylation sites is 1. The van der Waals surface area contributed by atoms with Crippen molar-refractivity contribution in [1.82, 2.24) is 21.3 Å². The van der Waals surface area contributed by atoms with E-state index < -0.39 is 53.5 Å². The number of ether oxygens (including phenoxy) is 1. The average Bonchev–Trinajstić information content (AvgIpc) is 3.87. The summed E-state index contributed by atoms with van der Waals surface area (Å²) in [5.74, 6) is -1.56. The zero-order chi connectivity index (χ0) is 37.7. The SMILES string of the molecule is CC(C)CC(NC(=O)[C@H](CCc1ccccc1)NC(=O)Nc1ccccc1)C(=O)N[C@@H](Cc1ccccc1)C(=O)NC(CC(C)C)C(=O)[C@@]1(C)C[OH+]1. The van der Waals surface area contributed by atoms with E-state index in [4.69, 9.17) is 0 Å². The van der Waals surface area contributed by atoms with E-state index in [1.807, 2.05) is 94.4 Å². The van der Waals surface area contributed by atoms with E-state index in [2.05, 4.69) is 31.3 Å². The first-order valence-corrected chi connectivity index (χ1v) is 18.2. The number of hydrogen-bond donors (Lipinski definition) is 5. The maximum atomic E-state index is 14.1. The predicted octanol–water partition coefficient (Wildman–Crippen LogP) is 4.47. The number of nitrogens with one attached hydrogen (secondary N) is 5. The molecular weight excluding hydrogens is 658 g/mol. The van der Waals surface area contributed by atoms with Crippen molar-refractivity contribution < 1.29 is 28.7 Å². The van der Waals surface area contributed by atoms with Gasteiger partial charge in [0.1, 0.15) is 18.1 Å². The summed E-state index contributed by atoms with van der Waals surface area (Å²) in [4.78, 5) is 68.3. The van der Waals surface area contributed by atoms with Gasteiger partial charge in [0.05, 0.1) is 6.04 Å². The van der Waals surface area contributed by atoms with Crippen LogP contribution in [0, 0.1) is 11.8 Å². The fraction of sp³-hybridized carbons (Fsp3) is 0.439. The molecule has 3 aromatic carbocycles. The minimum atomic E-state index is -1.03. The van der Waals surface area contributed by atoms with E-state index in [-0.39, 0.29) is 36.9 Å². The van der Waals surface area contributed by atoms with Crippen LogP contribution in [-0.4, -0.2) is 70.6 Å². The molecule has 3 aromatic rings. The molecule has 1 heterocycles. The standard InChI is InChI=1S/C41H53N5O6/c1-27(2)23-33(36(47)41(5)26-52-41)43-39(50)35(25-30-17-11-7-12-18-30)45-38(49)34(24-28(3)4)44-37(48)32(22-21-29-15-9-6-10-16-29)46-40(51)42-31-19-13-8-14-20-31/h6-20,27-28,32-35H,21-26H2,1-5H3,(H,43,50)(H,44,48)(H,45,49)(H2,42,46,51)/p+1/t32-,33?,34?,35-,41+/m0/s1. The number of aryl methyl sites for hydroxylation is 1. The summed E-state index contributed by atoms with van der Waals surface area (Å²) >= 11 is 0. The van der Waals surface area contributed by atoms with Gasteiger partial charge in [-0.05, 0) is 60.8 Å². The third-order valence-corrected chi connectivity index (χ3v) is 8.98. The summed E-state index contributed by atoms with van der Waals surface area (Å²) in [5, 5.41) is 14.3. The number of rotatable bonds is 19. The molecule has 1 fully saturated rings. The maximum Gasteiger partial charge on any atom is 0.319 e. The van der Waals surface area contributed by atoms with Gasteiger partial charge < -0.3 is 31.3 Å². The highest BCUT2D eigenvalue weighted by Gasteiger charge is 2.58. The van der Waals surface area contributed by atoms with E-state index in [1.165, 1.54) is 0 Å². The monoisotopic (exact) mass is 712 g/mol. The molecule has 0 spiro atoms. The molecule has 1 aliphatic heterocycles. The second-order valence-electron chi connectivity index (χ2n) is 14.6. The van der Waals surface area contributed by atoms with Gasteiger partial charge in [-0.15, -0.1) is 0 Å².